The Kier molecular flexibility index (Phi) is 7.50. The van der Waals surface area contributed by atoms with Gasteiger partial charge in [0.2, 0.25) is 11.8 Å². The topological polar surface area (TPSA) is 146 Å². The van der Waals surface area contributed by atoms with Gasteiger partial charge in [0.15, 0.2) is 0 Å². The van der Waals surface area contributed by atoms with Crippen LogP contribution in [-0.4, -0.2) is 82.6 Å². The number of fused-ring (bicyclic) bond motifs is 1. The minimum Gasteiger partial charge on any atom is -0.495 e. The summed E-state index contributed by atoms with van der Waals surface area (Å²) in [5.74, 6) is 0.716. The second-order valence-corrected chi connectivity index (χ2v) is 10.9. The van der Waals surface area contributed by atoms with Crippen molar-refractivity contribution in [1.29, 1.82) is 0 Å². The maximum absolute atomic E-state index is 12.7. The summed E-state index contributed by atoms with van der Waals surface area (Å²) in [5, 5.41) is 9.50. The van der Waals surface area contributed by atoms with Gasteiger partial charge < -0.3 is 35.3 Å². The van der Waals surface area contributed by atoms with Crippen LogP contribution in [0.1, 0.15) is 41.6 Å². The third kappa shape index (κ3) is 6.07. The zero-order chi connectivity index (χ0) is 29.3. The van der Waals surface area contributed by atoms with Gasteiger partial charge in [-0.3, -0.25) is 14.6 Å². The van der Waals surface area contributed by atoms with E-state index in [-0.39, 0.29) is 23.8 Å². The van der Waals surface area contributed by atoms with Crippen LogP contribution in [0.5, 0.6) is 11.6 Å². The molecule has 1 saturated heterocycles. The molecule has 1 aliphatic rings. The first-order valence-electron chi connectivity index (χ1n) is 13.3. The summed E-state index contributed by atoms with van der Waals surface area (Å²) in [6, 6.07) is 8.81. The number of ether oxygens (including phenoxy) is 2. The van der Waals surface area contributed by atoms with Gasteiger partial charge in [0.05, 0.1) is 24.2 Å². The second-order valence-electron chi connectivity index (χ2n) is 10.9. The zero-order valence-electron chi connectivity index (χ0n) is 24.0. The average molecular weight is 559 g/mol. The molecule has 1 aromatic carbocycles. The van der Waals surface area contributed by atoms with Crippen molar-refractivity contribution in [3.05, 3.63) is 54.0 Å². The van der Waals surface area contributed by atoms with Crippen LogP contribution in [0, 0.1) is 0 Å². The van der Waals surface area contributed by atoms with Gasteiger partial charge in [0.1, 0.15) is 22.7 Å². The maximum Gasteiger partial charge on any atom is 0.269 e. The summed E-state index contributed by atoms with van der Waals surface area (Å²) in [6.45, 7) is 7.48. The Labute approximate surface area is 237 Å². The summed E-state index contributed by atoms with van der Waals surface area (Å²) in [5.41, 5.74) is 2.97. The molecule has 0 bridgehead atoms. The van der Waals surface area contributed by atoms with E-state index < -0.39 is 5.60 Å². The van der Waals surface area contributed by atoms with Crippen LogP contribution in [0.15, 0.2) is 42.7 Å². The molecule has 0 unspecified atom stereocenters. The normalized spacial score (nSPS) is 13.9. The highest BCUT2D eigenvalue weighted by molar-refractivity contribution is 5.99. The number of hydrogen-bond acceptors (Lipinski definition) is 9. The van der Waals surface area contributed by atoms with Crippen molar-refractivity contribution >= 4 is 34.5 Å². The van der Waals surface area contributed by atoms with Crippen molar-refractivity contribution in [2.24, 2.45) is 0 Å². The van der Waals surface area contributed by atoms with Crippen LogP contribution in [0.3, 0.4) is 0 Å². The summed E-state index contributed by atoms with van der Waals surface area (Å²) in [6.07, 6.45) is 3.44. The highest BCUT2D eigenvalue weighted by atomic mass is 16.5. The molecule has 0 saturated carbocycles. The number of nitrogens with zero attached hydrogens (tertiary/aromatic N) is 4. The fourth-order valence-electron chi connectivity index (χ4n) is 4.58. The Balaban J connectivity index is 1.46. The van der Waals surface area contributed by atoms with Crippen LogP contribution < -0.4 is 25.4 Å². The molecule has 214 valence electrons. The molecule has 0 radical (unpaired) electrons. The van der Waals surface area contributed by atoms with Gasteiger partial charge >= 0.3 is 0 Å². The zero-order valence-corrected chi connectivity index (χ0v) is 24.0. The summed E-state index contributed by atoms with van der Waals surface area (Å²) in [4.78, 5) is 43.7. The van der Waals surface area contributed by atoms with E-state index in [1.807, 2.05) is 40.1 Å². The number of hydrogen-bond donors (Lipinski definition) is 4. The van der Waals surface area contributed by atoms with Gasteiger partial charge in [-0.2, -0.15) is 9.97 Å². The van der Waals surface area contributed by atoms with Gasteiger partial charge in [-0.25, -0.2) is 0 Å². The number of methoxy groups -OCH3 is 1. The van der Waals surface area contributed by atoms with Gasteiger partial charge in [-0.1, -0.05) is 6.07 Å². The van der Waals surface area contributed by atoms with Gasteiger partial charge in [-0.05, 0) is 52.1 Å². The number of likely N-dealkylation sites (tertiary alicyclic amines) is 1. The molecule has 12 nitrogen and oxygen atoms in total. The number of aromatic nitrogens is 4. The second kappa shape index (κ2) is 11.0. The highest BCUT2D eigenvalue weighted by Gasteiger charge is 2.26. The van der Waals surface area contributed by atoms with E-state index in [4.69, 9.17) is 14.5 Å². The monoisotopic (exact) mass is 558 g/mol. The Morgan fingerprint density at radius 2 is 1.88 bits per heavy atom. The number of anilines is 2. The minimum atomic E-state index is -0.545. The van der Waals surface area contributed by atoms with Crippen LogP contribution in [-0.2, 0) is 0 Å². The first-order valence-corrected chi connectivity index (χ1v) is 13.3. The molecule has 0 atom stereocenters. The van der Waals surface area contributed by atoms with Crippen molar-refractivity contribution in [3.8, 4) is 22.8 Å². The predicted octanol–water partition coefficient (Wildman–Crippen LogP) is 3.35. The molecule has 4 aromatic rings. The van der Waals surface area contributed by atoms with Gasteiger partial charge in [0, 0.05) is 49.2 Å². The number of nitrogens with one attached hydrogen (secondary N) is 4. The van der Waals surface area contributed by atoms with Crippen molar-refractivity contribution in [1.82, 2.24) is 35.5 Å². The molecule has 12 heteroatoms. The lowest BCUT2D eigenvalue weighted by Crippen LogP contribution is -2.57. The molecule has 0 aliphatic carbocycles. The number of carbonyl (C=O) groups excluding carboxylic acids is 2. The van der Waals surface area contributed by atoms with Crippen LogP contribution in [0.25, 0.3) is 22.2 Å². The predicted molar refractivity (Wildman–Crippen MR) is 156 cm³/mol. The Bertz CT molecular complexity index is 1590. The fourth-order valence-corrected chi connectivity index (χ4v) is 4.58. The molecule has 3 aromatic heterocycles. The number of H-pyrrole nitrogens is 1. The number of benzene rings is 1. The lowest BCUT2D eigenvalue weighted by molar-refractivity contribution is 0.0856. The van der Waals surface area contributed by atoms with Crippen LogP contribution >= 0.6 is 0 Å². The Morgan fingerprint density at radius 1 is 1.10 bits per heavy atom. The van der Waals surface area contributed by atoms with E-state index in [1.165, 1.54) is 0 Å². The molecule has 41 heavy (non-hydrogen) atoms. The number of likely N-dealkylation sites (N-methyl/N-ethyl adjacent to an activating group) is 1. The van der Waals surface area contributed by atoms with Gasteiger partial charge in [0.25, 0.3) is 11.8 Å². The fraction of sp³-hybridized carbons (Fsp3) is 0.345. The first kappa shape index (κ1) is 27.8. The molecule has 4 heterocycles. The van der Waals surface area contributed by atoms with E-state index in [0.29, 0.717) is 39.6 Å². The summed E-state index contributed by atoms with van der Waals surface area (Å²) >= 11 is 0. The lowest BCUT2D eigenvalue weighted by atomic mass is 10.1. The van der Waals surface area contributed by atoms with Gasteiger partial charge in [-0.15, -0.1) is 0 Å². The molecular weight excluding hydrogens is 524 g/mol. The number of amides is 2. The number of pyridine rings is 1. The van der Waals surface area contributed by atoms with Crippen molar-refractivity contribution in [2.45, 2.75) is 32.4 Å². The Morgan fingerprint density at radius 3 is 2.51 bits per heavy atom. The van der Waals surface area contributed by atoms with E-state index in [0.717, 1.165) is 24.2 Å². The molecule has 2 amide bonds. The number of carbonyl (C=O) groups is 2. The standard InChI is InChI=1S/C29H34N8O4/c1-29(2,3)41-27-23-19(17-8-10-21(31-12-17)26(39)30-4)13-32-24(23)35-28(36-27)34-20-9-7-16(11-22(20)40-6)25(38)33-18-14-37(5)15-18/h7-13,18H,14-15H2,1-6H3,(H,30,39)(H,33,38)(H2,32,34,35,36). The molecular formula is C29H34N8O4. The number of aromatic amines is 1. The third-order valence-corrected chi connectivity index (χ3v) is 6.54. The van der Waals surface area contributed by atoms with E-state index in [9.17, 15) is 9.59 Å². The summed E-state index contributed by atoms with van der Waals surface area (Å²) in [7, 11) is 5.12. The van der Waals surface area contributed by atoms with Crippen LogP contribution in [0.2, 0.25) is 0 Å². The maximum atomic E-state index is 12.7. The molecule has 0 spiro atoms. The molecule has 1 aliphatic heterocycles. The van der Waals surface area contributed by atoms with Crippen LogP contribution in [0.4, 0.5) is 11.6 Å². The third-order valence-electron chi connectivity index (χ3n) is 6.54. The first-order chi connectivity index (χ1) is 19.5. The minimum absolute atomic E-state index is 0.146. The van der Waals surface area contributed by atoms with Crippen molar-refractivity contribution < 1.29 is 19.1 Å². The highest BCUT2D eigenvalue weighted by Crippen LogP contribution is 2.37. The van der Waals surface area contributed by atoms with E-state index in [2.05, 4.69) is 35.8 Å². The summed E-state index contributed by atoms with van der Waals surface area (Å²) < 4.78 is 11.9. The molecule has 5 rings (SSSR count). The SMILES string of the molecule is CNC(=O)c1ccc(-c2c[nH]c3nc(Nc4ccc(C(=O)NC5CN(C)C5)cc4OC)nc(OC(C)(C)C)c23)cn1. The number of rotatable bonds is 8. The molecule has 1 fully saturated rings. The smallest absolute Gasteiger partial charge is 0.269 e. The largest absolute Gasteiger partial charge is 0.495 e. The van der Waals surface area contributed by atoms with E-state index in [1.54, 1.807) is 44.6 Å². The quantitative estimate of drug-likeness (QED) is 0.256. The Hall–Kier alpha value is -4.71. The van der Waals surface area contributed by atoms with E-state index >= 15 is 0 Å². The van der Waals surface area contributed by atoms with Crippen molar-refractivity contribution in [2.75, 3.05) is 39.6 Å². The average Bonchev–Trinajstić information content (AvgIpc) is 3.35. The lowest BCUT2D eigenvalue weighted by Gasteiger charge is -2.36. The molecule has 4 N–H and O–H groups in total. The van der Waals surface area contributed by atoms with Crippen molar-refractivity contribution in [3.63, 3.8) is 0 Å².